The van der Waals surface area contributed by atoms with E-state index >= 15 is 0 Å². The van der Waals surface area contributed by atoms with Gasteiger partial charge in [0.05, 0.1) is 16.9 Å². The van der Waals surface area contributed by atoms with Gasteiger partial charge >= 0.3 is 0 Å². The lowest BCUT2D eigenvalue weighted by Gasteiger charge is -2.13. The van der Waals surface area contributed by atoms with Crippen LogP contribution >= 0.6 is 11.3 Å². The topological polar surface area (TPSA) is 79.8 Å². The highest BCUT2D eigenvalue weighted by molar-refractivity contribution is 7.14. The Morgan fingerprint density at radius 2 is 2.05 bits per heavy atom. The minimum absolute atomic E-state index is 0.0402. The van der Waals surface area contributed by atoms with E-state index in [4.69, 9.17) is 0 Å². The third-order valence-electron chi connectivity index (χ3n) is 2.92. The number of nitrogens with one attached hydrogen (secondary N) is 2. The maximum Gasteiger partial charge on any atom is 0.263 e. The molecule has 2 N–H and O–H groups in total. The van der Waals surface area contributed by atoms with Crippen molar-refractivity contribution in [1.82, 2.24) is 20.3 Å². The lowest BCUT2D eigenvalue weighted by atomic mass is 9.98. The van der Waals surface area contributed by atoms with Gasteiger partial charge in [-0.15, -0.1) is 11.3 Å². The summed E-state index contributed by atoms with van der Waals surface area (Å²) in [5, 5.41) is 6.97. The van der Waals surface area contributed by atoms with Crippen molar-refractivity contribution < 1.29 is 4.79 Å². The Hall–Kier alpha value is -2.02. The fourth-order valence-corrected chi connectivity index (χ4v) is 2.81. The number of aryl methyl sites for hydroxylation is 1. The van der Waals surface area contributed by atoms with Crippen LogP contribution in [0.1, 0.15) is 41.1 Å². The van der Waals surface area contributed by atoms with Gasteiger partial charge in [0.25, 0.3) is 5.91 Å². The Bertz CT molecular complexity index is 633. The summed E-state index contributed by atoms with van der Waals surface area (Å²) in [6.07, 6.45) is 4.88. The molecular weight excluding hydrogens is 298 g/mol. The molecule has 22 heavy (non-hydrogen) atoms. The van der Waals surface area contributed by atoms with E-state index in [1.54, 1.807) is 18.6 Å². The molecule has 2 aromatic heterocycles. The Kier molecular flexibility index (Phi) is 5.07. The summed E-state index contributed by atoms with van der Waals surface area (Å²) in [6, 6.07) is 0. The first-order chi connectivity index (χ1) is 10.4. The minimum atomic E-state index is -0.0774. The van der Waals surface area contributed by atoms with Crippen LogP contribution in [-0.2, 0) is 5.41 Å². The second kappa shape index (κ2) is 6.83. The third kappa shape index (κ3) is 4.24. The highest BCUT2D eigenvalue weighted by Crippen LogP contribution is 2.28. The molecule has 0 saturated carbocycles. The number of anilines is 1. The second-order valence-corrected chi connectivity index (χ2v) is 6.96. The maximum atomic E-state index is 12.2. The SMILES string of the molecule is Cc1nc(C(C)(C)C)sc1C(=O)NCCNc1cnccn1. The molecule has 2 aromatic rings. The molecule has 0 spiro atoms. The highest BCUT2D eigenvalue weighted by atomic mass is 32.1. The maximum absolute atomic E-state index is 12.2. The largest absolute Gasteiger partial charge is 0.367 e. The first-order valence-electron chi connectivity index (χ1n) is 7.14. The zero-order valence-corrected chi connectivity index (χ0v) is 14.1. The van der Waals surface area contributed by atoms with Crippen LogP contribution in [0.4, 0.5) is 5.82 Å². The van der Waals surface area contributed by atoms with Gasteiger partial charge in [-0.1, -0.05) is 20.8 Å². The van der Waals surface area contributed by atoms with Gasteiger partial charge in [0.1, 0.15) is 10.7 Å². The van der Waals surface area contributed by atoms with Gasteiger partial charge in [0, 0.05) is 30.9 Å². The number of hydrogen-bond acceptors (Lipinski definition) is 6. The van der Waals surface area contributed by atoms with E-state index in [1.807, 2.05) is 6.92 Å². The molecule has 2 rings (SSSR count). The Morgan fingerprint density at radius 1 is 1.27 bits per heavy atom. The second-order valence-electron chi connectivity index (χ2n) is 5.96. The van der Waals surface area contributed by atoms with Gasteiger partial charge < -0.3 is 10.6 Å². The molecule has 0 unspecified atom stereocenters. The smallest absolute Gasteiger partial charge is 0.263 e. The van der Waals surface area contributed by atoms with Crippen LogP contribution in [0.25, 0.3) is 0 Å². The van der Waals surface area contributed by atoms with Crippen molar-refractivity contribution in [3.05, 3.63) is 34.2 Å². The number of rotatable bonds is 5. The van der Waals surface area contributed by atoms with E-state index < -0.39 is 0 Å². The molecule has 0 radical (unpaired) electrons. The molecule has 0 aliphatic heterocycles. The van der Waals surface area contributed by atoms with Gasteiger partial charge in [-0.3, -0.25) is 9.78 Å². The molecule has 0 aliphatic carbocycles. The summed E-state index contributed by atoms with van der Waals surface area (Å²) in [5.74, 6) is 0.618. The molecule has 0 saturated heterocycles. The van der Waals surface area contributed by atoms with Crippen molar-refractivity contribution in [2.45, 2.75) is 33.1 Å². The predicted molar refractivity (Wildman–Crippen MR) is 88.4 cm³/mol. The van der Waals surface area contributed by atoms with Crippen LogP contribution in [0.5, 0.6) is 0 Å². The first kappa shape index (κ1) is 16.4. The number of thiazole rings is 1. The summed E-state index contributed by atoms with van der Waals surface area (Å²) >= 11 is 1.46. The quantitative estimate of drug-likeness (QED) is 0.827. The Morgan fingerprint density at radius 3 is 2.64 bits per heavy atom. The molecule has 7 heteroatoms. The van der Waals surface area contributed by atoms with Gasteiger partial charge in [0.15, 0.2) is 0 Å². The molecule has 0 fully saturated rings. The van der Waals surface area contributed by atoms with E-state index in [0.29, 0.717) is 23.8 Å². The first-order valence-corrected chi connectivity index (χ1v) is 7.95. The molecule has 1 amide bonds. The Balaban J connectivity index is 1.86. The standard InChI is InChI=1S/C15H21N5OS/c1-10-12(22-14(20-10)15(2,3)4)13(21)19-8-7-18-11-9-16-5-6-17-11/h5-6,9H,7-8H2,1-4H3,(H,17,18)(H,19,21). The molecule has 6 nitrogen and oxygen atoms in total. The van der Waals surface area contributed by atoms with Crippen LogP contribution < -0.4 is 10.6 Å². The molecule has 0 atom stereocenters. The molecule has 0 aliphatic rings. The fraction of sp³-hybridized carbons (Fsp3) is 0.467. The highest BCUT2D eigenvalue weighted by Gasteiger charge is 2.22. The van der Waals surface area contributed by atoms with Crippen molar-refractivity contribution in [3.63, 3.8) is 0 Å². The summed E-state index contributed by atoms with van der Waals surface area (Å²) in [5.41, 5.74) is 0.746. The van der Waals surface area contributed by atoms with E-state index in [-0.39, 0.29) is 11.3 Å². The van der Waals surface area contributed by atoms with Gasteiger partial charge in [-0.2, -0.15) is 0 Å². The monoisotopic (exact) mass is 319 g/mol. The van der Waals surface area contributed by atoms with E-state index in [1.165, 1.54) is 11.3 Å². The summed E-state index contributed by atoms with van der Waals surface area (Å²) in [7, 11) is 0. The summed E-state index contributed by atoms with van der Waals surface area (Å²) in [6.45, 7) is 9.26. The van der Waals surface area contributed by atoms with Gasteiger partial charge in [0.2, 0.25) is 0 Å². The number of carbonyl (C=O) groups is 1. The van der Waals surface area contributed by atoms with Crippen LogP contribution in [0.2, 0.25) is 0 Å². The minimum Gasteiger partial charge on any atom is -0.367 e. The third-order valence-corrected chi connectivity index (χ3v) is 4.51. The Labute approximate surface area is 134 Å². The summed E-state index contributed by atoms with van der Waals surface area (Å²) in [4.78, 5) is 25.5. The van der Waals surface area contributed by atoms with Crippen LogP contribution in [0.15, 0.2) is 18.6 Å². The average molecular weight is 319 g/mol. The lowest BCUT2D eigenvalue weighted by molar-refractivity contribution is 0.0958. The van der Waals surface area contributed by atoms with Crippen molar-refractivity contribution in [2.75, 3.05) is 18.4 Å². The summed E-state index contributed by atoms with van der Waals surface area (Å²) < 4.78 is 0. The zero-order valence-electron chi connectivity index (χ0n) is 13.3. The van der Waals surface area contributed by atoms with E-state index in [0.717, 1.165) is 10.7 Å². The molecule has 0 aromatic carbocycles. The van der Waals surface area contributed by atoms with Crippen molar-refractivity contribution in [2.24, 2.45) is 0 Å². The van der Waals surface area contributed by atoms with Crippen LogP contribution in [0, 0.1) is 6.92 Å². The average Bonchev–Trinajstić information content (AvgIpc) is 2.87. The molecule has 0 bridgehead atoms. The zero-order chi connectivity index (χ0) is 16.2. The molecule has 2 heterocycles. The van der Waals surface area contributed by atoms with Crippen molar-refractivity contribution in [1.29, 1.82) is 0 Å². The predicted octanol–water partition coefficient (Wildman–Crippen LogP) is 2.38. The van der Waals surface area contributed by atoms with Crippen molar-refractivity contribution in [3.8, 4) is 0 Å². The number of aromatic nitrogens is 3. The van der Waals surface area contributed by atoms with Crippen LogP contribution in [0.3, 0.4) is 0 Å². The number of amides is 1. The molecule has 118 valence electrons. The normalized spacial score (nSPS) is 11.3. The lowest BCUT2D eigenvalue weighted by Crippen LogP contribution is -2.28. The molecular formula is C15H21N5OS. The number of carbonyl (C=O) groups excluding carboxylic acids is 1. The fourth-order valence-electron chi connectivity index (χ4n) is 1.77. The van der Waals surface area contributed by atoms with E-state index in [2.05, 4.69) is 46.4 Å². The number of nitrogens with zero attached hydrogens (tertiary/aromatic N) is 3. The van der Waals surface area contributed by atoms with Gasteiger partial charge in [-0.25, -0.2) is 9.97 Å². The van der Waals surface area contributed by atoms with Gasteiger partial charge in [-0.05, 0) is 6.92 Å². The van der Waals surface area contributed by atoms with Crippen molar-refractivity contribution >= 4 is 23.1 Å². The number of hydrogen-bond donors (Lipinski definition) is 2. The van der Waals surface area contributed by atoms with E-state index in [9.17, 15) is 4.79 Å². The van der Waals surface area contributed by atoms with Crippen LogP contribution in [-0.4, -0.2) is 33.9 Å².